The summed E-state index contributed by atoms with van der Waals surface area (Å²) in [5, 5.41) is 8.32. The molecule has 13 heteroatoms. The van der Waals surface area contributed by atoms with Crippen molar-refractivity contribution in [3.05, 3.63) is 30.3 Å². The average Bonchev–Trinajstić information content (AvgIpc) is 3.82. The zero-order valence-corrected chi connectivity index (χ0v) is 29.6. The van der Waals surface area contributed by atoms with Gasteiger partial charge in [0.15, 0.2) is 9.84 Å². The minimum absolute atomic E-state index is 0.150. The lowest BCUT2D eigenvalue weighted by molar-refractivity contribution is -0.144. The first-order valence-corrected chi connectivity index (χ1v) is 18.1. The fraction of sp³-hybridized carbons (Fsp3) is 0.676. The Bertz CT molecular complexity index is 1520. The molecule has 0 bridgehead atoms. The summed E-state index contributed by atoms with van der Waals surface area (Å²) in [6.45, 7) is 15.4. The summed E-state index contributed by atoms with van der Waals surface area (Å²) in [7, 11) is -3.74. The molecule has 1 aromatic carbocycles. The van der Waals surface area contributed by atoms with Crippen molar-refractivity contribution in [2.24, 2.45) is 39.7 Å². The van der Waals surface area contributed by atoms with E-state index in [4.69, 9.17) is 5.73 Å². The van der Waals surface area contributed by atoms with E-state index in [0.717, 1.165) is 12.8 Å². The van der Waals surface area contributed by atoms with Crippen LogP contribution in [-0.4, -0.2) is 79.3 Å². The number of nitrogens with zero attached hydrogens (tertiary/aromatic N) is 1. The molecule has 4 rings (SSSR count). The molecule has 0 radical (unpaired) electrons. The van der Waals surface area contributed by atoms with E-state index in [1.807, 2.05) is 41.5 Å². The van der Waals surface area contributed by atoms with Gasteiger partial charge in [-0.25, -0.2) is 13.2 Å². The second-order valence-electron chi connectivity index (χ2n) is 15.8. The number of carbonyl (C=O) groups is 5. The number of rotatable bonds is 13. The number of nitrogens with one attached hydrogen (secondary N) is 3. The van der Waals surface area contributed by atoms with Crippen LogP contribution < -0.4 is 21.7 Å². The van der Waals surface area contributed by atoms with Crippen molar-refractivity contribution in [3.63, 3.8) is 0 Å². The van der Waals surface area contributed by atoms with Crippen molar-refractivity contribution in [2.45, 2.75) is 104 Å². The number of hydrogen-bond acceptors (Lipinski definition) is 7. The van der Waals surface area contributed by atoms with Crippen LogP contribution in [0.25, 0.3) is 0 Å². The lowest BCUT2D eigenvalue weighted by Gasteiger charge is -2.36. The summed E-state index contributed by atoms with van der Waals surface area (Å²) in [6, 6.07) is 3.51. The lowest BCUT2D eigenvalue weighted by atomic mass is 9.88. The van der Waals surface area contributed by atoms with E-state index in [2.05, 4.69) is 16.0 Å². The van der Waals surface area contributed by atoms with Gasteiger partial charge in [-0.15, -0.1) is 0 Å². The van der Waals surface area contributed by atoms with Crippen molar-refractivity contribution in [1.29, 1.82) is 0 Å². The Balaban J connectivity index is 1.53. The molecule has 260 valence electrons. The molecule has 1 saturated heterocycles. The number of sulfone groups is 1. The van der Waals surface area contributed by atoms with Gasteiger partial charge in [-0.2, -0.15) is 0 Å². The van der Waals surface area contributed by atoms with Crippen LogP contribution in [0, 0.1) is 34.0 Å². The quantitative estimate of drug-likeness (QED) is 0.232. The number of benzene rings is 1. The summed E-state index contributed by atoms with van der Waals surface area (Å²) in [6.07, 6.45) is 2.11. The average molecular weight is 674 g/mol. The van der Waals surface area contributed by atoms with Crippen LogP contribution >= 0.6 is 0 Å². The molecule has 6 atom stereocenters. The van der Waals surface area contributed by atoms with Gasteiger partial charge in [0.2, 0.25) is 17.6 Å². The number of nitrogens with two attached hydrogens (primary N) is 1. The van der Waals surface area contributed by atoms with Gasteiger partial charge >= 0.3 is 6.03 Å². The third kappa shape index (κ3) is 7.49. The van der Waals surface area contributed by atoms with E-state index >= 15 is 0 Å². The van der Waals surface area contributed by atoms with Gasteiger partial charge < -0.3 is 26.6 Å². The molecule has 3 fully saturated rings. The van der Waals surface area contributed by atoms with Crippen LogP contribution in [0.2, 0.25) is 0 Å². The highest BCUT2D eigenvalue weighted by atomic mass is 32.2. The molecule has 5 amide bonds. The van der Waals surface area contributed by atoms with E-state index < -0.39 is 69.0 Å². The van der Waals surface area contributed by atoms with Crippen molar-refractivity contribution >= 4 is 39.4 Å². The van der Waals surface area contributed by atoms with Crippen LogP contribution in [0.3, 0.4) is 0 Å². The summed E-state index contributed by atoms with van der Waals surface area (Å²) < 4.78 is 26.4. The first kappa shape index (κ1) is 36.4. The van der Waals surface area contributed by atoms with Gasteiger partial charge in [-0.05, 0) is 46.6 Å². The minimum atomic E-state index is -3.74. The van der Waals surface area contributed by atoms with E-state index in [0.29, 0.717) is 6.42 Å². The maximum absolute atomic E-state index is 14.2. The van der Waals surface area contributed by atoms with E-state index in [1.165, 1.54) is 17.0 Å². The molecule has 47 heavy (non-hydrogen) atoms. The fourth-order valence-corrected chi connectivity index (χ4v) is 8.92. The van der Waals surface area contributed by atoms with Gasteiger partial charge in [0.05, 0.1) is 16.7 Å². The standard InChI is InChI=1S/C34H51N5O7S/c1-19(2)24(38-31(44)37-23(32(3,4)5)17-47(45,46)21-12-10-9-11-13-21)30(43)39-18-34(8)27(33(34,6)7)25(39)29(42)36-22(16-20-14-15-20)26(40)28(35)41/h9-13,19-20,22-25,27H,14-18H2,1-8H3,(H2,35,41)(H,36,42)(H2,37,38,44)/t22?,23?,24-,25-,27?,34?/m0/s1. The van der Waals surface area contributed by atoms with Gasteiger partial charge in [-0.1, -0.05) is 86.4 Å². The molecule has 0 spiro atoms. The number of amides is 5. The highest BCUT2D eigenvalue weighted by molar-refractivity contribution is 7.91. The molecular weight excluding hydrogens is 622 g/mol. The highest BCUT2D eigenvalue weighted by Crippen LogP contribution is 2.74. The minimum Gasteiger partial charge on any atom is -0.363 e. The first-order chi connectivity index (χ1) is 21.6. The van der Waals surface area contributed by atoms with Crippen molar-refractivity contribution < 1.29 is 32.4 Å². The Labute approximate surface area is 278 Å². The number of Topliss-reactive ketones (excluding diaryl/α,β-unsaturated/α-hetero) is 1. The Kier molecular flexibility index (Phi) is 9.94. The largest absolute Gasteiger partial charge is 0.363 e. The van der Waals surface area contributed by atoms with Crippen molar-refractivity contribution in [3.8, 4) is 0 Å². The molecular formula is C34H51N5O7S. The zero-order valence-electron chi connectivity index (χ0n) is 28.8. The number of likely N-dealkylation sites (tertiary alicyclic amines) is 1. The molecule has 12 nitrogen and oxygen atoms in total. The molecule has 4 unspecified atom stereocenters. The van der Waals surface area contributed by atoms with Crippen LogP contribution in [0.4, 0.5) is 4.79 Å². The molecule has 3 aliphatic rings. The number of piperidine rings is 1. The third-order valence-corrected chi connectivity index (χ3v) is 12.5. The monoisotopic (exact) mass is 673 g/mol. The maximum atomic E-state index is 14.2. The van der Waals surface area contributed by atoms with E-state index in [1.54, 1.807) is 32.0 Å². The molecule has 1 aliphatic heterocycles. The predicted octanol–water partition coefficient (Wildman–Crippen LogP) is 2.41. The SMILES string of the molecule is CC(C)[C@H](NC(=O)NC(CS(=O)(=O)c1ccccc1)C(C)(C)C)C(=O)N1CC2(C)C([C@H]1C(=O)NC(CC1CC1)C(=O)C(N)=O)C2(C)C. The Morgan fingerprint density at radius 2 is 1.57 bits per heavy atom. The lowest BCUT2D eigenvalue weighted by Crippen LogP contribution is -2.61. The maximum Gasteiger partial charge on any atom is 0.315 e. The van der Waals surface area contributed by atoms with Gasteiger partial charge in [0.1, 0.15) is 12.1 Å². The summed E-state index contributed by atoms with van der Waals surface area (Å²) in [4.78, 5) is 67.7. The summed E-state index contributed by atoms with van der Waals surface area (Å²) in [5.74, 6) is -3.67. The molecule has 0 aromatic heterocycles. The molecule has 2 saturated carbocycles. The van der Waals surface area contributed by atoms with Crippen molar-refractivity contribution in [2.75, 3.05) is 12.3 Å². The molecule has 2 aliphatic carbocycles. The number of fused-ring (bicyclic) bond motifs is 1. The Hall–Kier alpha value is -3.48. The van der Waals surface area contributed by atoms with Crippen LogP contribution in [0.5, 0.6) is 0 Å². The predicted molar refractivity (Wildman–Crippen MR) is 176 cm³/mol. The van der Waals surface area contributed by atoms with Crippen LogP contribution in [-0.2, 0) is 29.0 Å². The van der Waals surface area contributed by atoms with Gasteiger partial charge in [0.25, 0.3) is 5.91 Å². The van der Waals surface area contributed by atoms with Crippen LogP contribution in [0.15, 0.2) is 35.2 Å². The summed E-state index contributed by atoms with van der Waals surface area (Å²) >= 11 is 0. The second-order valence-corrected chi connectivity index (χ2v) is 17.9. The smallest absolute Gasteiger partial charge is 0.315 e. The highest BCUT2D eigenvalue weighted by Gasteiger charge is 2.77. The first-order valence-electron chi connectivity index (χ1n) is 16.4. The normalized spacial score (nSPS) is 25.3. The number of ketones is 1. The fourth-order valence-electron chi connectivity index (χ4n) is 7.13. The van der Waals surface area contributed by atoms with Gasteiger partial charge in [0, 0.05) is 18.5 Å². The van der Waals surface area contributed by atoms with Crippen LogP contribution in [0.1, 0.15) is 74.7 Å². The van der Waals surface area contributed by atoms with Crippen molar-refractivity contribution in [1.82, 2.24) is 20.9 Å². The van der Waals surface area contributed by atoms with E-state index in [9.17, 15) is 32.4 Å². The zero-order chi connectivity index (χ0) is 35.3. The Morgan fingerprint density at radius 3 is 2.09 bits per heavy atom. The molecule has 1 heterocycles. The van der Waals surface area contributed by atoms with Gasteiger partial charge in [-0.3, -0.25) is 19.2 Å². The number of urea groups is 1. The third-order valence-electron chi connectivity index (χ3n) is 10.8. The number of primary amides is 1. The topological polar surface area (TPSA) is 185 Å². The molecule has 1 aromatic rings. The Morgan fingerprint density at radius 1 is 0.979 bits per heavy atom. The second kappa shape index (κ2) is 12.9. The molecule has 5 N–H and O–H groups in total. The number of hydrogen-bond donors (Lipinski definition) is 4. The van der Waals surface area contributed by atoms with E-state index in [-0.39, 0.29) is 45.8 Å². The summed E-state index contributed by atoms with van der Waals surface area (Å²) in [5.41, 5.74) is 4.01. The number of carbonyl (C=O) groups excluding carboxylic acids is 5.